The first-order valence-corrected chi connectivity index (χ1v) is 5.68. The lowest BCUT2D eigenvalue weighted by Gasteiger charge is -2.12. The van der Waals surface area contributed by atoms with Crippen LogP contribution >= 0.6 is 0 Å². The largest absolute Gasteiger partial charge is 0.508 e. The molecule has 4 nitrogen and oxygen atoms in total. The summed E-state index contributed by atoms with van der Waals surface area (Å²) in [5.74, 6) is 1.71. The molecule has 4 heteroatoms. The van der Waals surface area contributed by atoms with E-state index in [2.05, 4.69) is 5.32 Å². The maximum Gasteiger partial charge on any atom is 0.231 e. The van der Waals surface area contributed by atoms with Gasteiger partial charge in [0.05, 0.1) is 0 Å². The van der Waals surface area contributed by atoms with Crippen LogP contribution in [0.4, 0.5) is 0 Å². The molecule has 1 unspecified atom stereocenters. The molecule has 0 saturated carbocycles. The van der Waals surface area contributed by atoms with E-state index in [9.17, 15) is 5.11 Å². The smallest absolute Gasteiger partial charge is 0.231 e. The Kier molecular flexibility index (Phi) is 2.36. The van der Waals surface area contributed by atoms with Gasteiger partial charge in [-0.15, -0.1) is 0 Å². The summed E-state index contributed by atoms with van der Waals surface area (Å²) >= 11 is 0. The predicted molar refractivity (Wildman–Crippen MR) is 59.0 cm³/mol. The molecule has 2 N–H and O–H groups in total. The Morgan fingerprint density at radius 3 is 3.12 bits per heavy atom. The van der Waals surface area contributed by atoms with Gasteiger partial charge in [0.25, 0.3) is 0 Å². The first-order valence-electron chi connectivity index (χ1n) is 5.68. The average Bonchev–Trinajstić information content (AvgIpc) is 2.87. The molecular formula is C12H15NO3. The van der Waals surface area contributed by atoms with Gasteiger partial charge in [-0.1, -0.05) is 0 Å². The minimum Gasteiger partial charge on any atom is -0.508 e. The number of rotatable bonds is 2. The maximum absolute atomic E-state index is 9.60. The predicted octanol–water partition coefficient (Wildman–Crippen LogP) is 1.42. The zero-order valence-corrected chi connectivity index (χ0v) is 9.03. The molecule has 0 radical (unpaired) electrons. The van der Waals surface area contributed by atoms with Crippen molar-refractivity contribution >= 4 is 0 Å². The monoisotopic (exact) mass is 221 g/mol. The van der Waals surface area contributed by atoms with Crippen molar-refractivity contribution in [1.29, 1.82) is 0 Å². The van der Waals surface area contributed by atoms with Crippen molar-refractivity contribution in [3.63, 3.8) is 0 Å². The highest BCUT2D eigenvalue weighted by Crippen LogP contribution is 2.39. The Labute approximate surface area is 94.2 Å². The molecule has 0 amide bonds. The van der Waals surface area contributed by atoms with Gasteiger partial charge in [0.2, 0.25) is 6.79 Å². The van der Waals surface area contributed by atoms with Gasteiger partial charge in [-0.05, 0) is 31.9 Å². The third-order valence-electron chi connectivity index (χ3n) is 3.16. The summed E-state index contributed by atoms with van der Waals surface area (Å²) in [6.07, 6.45) is 3.30. The summed E-state index contributed by atoms with van der Waals surface area (Å²) < 4.78 is 10.7. The van der Waals surface area contributed by atoms with Crippen LogP contribution in [0.5, 0.6) is 17.2 Å². The minimum atomic E-state index is 0.247. The molecule has 3 rings (SSSR count). The van der Waals surface area contributed by atoms with Crippen LogP contribution < -0.4 is 14.8 Å². The Morgan fingerprint density at radius 2 is 2.31 bits per heavy atom. The highest BCUT2D eigenvalue weighted by Gasteiger charge is 2.22. The summed E-state index contributed by atoms with van der Waals surface area (Å²) in [6.45, 7) is 1.34. The number of hydrogen-bond acceptors (Lipinski definition) is 4. The van der Waals surface area contributed by atoms with Crippen LogP contribution in [-0.4, -0.2) is 24.5 Å². The van der Waals surface area contributed by atoms with Gasteiger partial charge in [-0.3, -0.25) is 0 Å². The lowest BCUT2D eigenvalue weighted by atomic mass is 10.0. The fourth-order valence-corrected chi connectivity index (χ4v) is 2.41. The van der Waals surface area contributed by atoms with E-state index in [1.807, 2.05) is 0 Å². The third kappa shape index (κ3) is 1.69. The summed E-state index contributed by atoms with van der Waals surface area (Å²) in [7, 11) is 0. The van der Waals surface area contributed by atoms with E-state index < -0.39 is 0 Å². The summed E-state index contributed by atoms with van der Waals surface area (Å²) in [6, 6.07) is 3.87. The second-order valence-electron chi connectivity index (χ2n) is 4.34. The van der Waals surface area contributed by atoms with Crippen LogP contribution in [0, 0.1) is 0 Å². The fraction of sp³-hybridized carbons (Fsp3) is 0.500. The normalized spacial score (nSPS) is 22.6. The Hall–Kier alpha value is -1.42. The highest BCUT2D eigenvalue weighted by atomic mass is 16.7. The van der Waals surface area contributed by atoms with Crippen LogP contribution in [0.15, 0.2) is 12.1 Å². The first kappa shape index (κ1) is 9.78. The average molecular weight is 221 g/mol. The van der Waals surface area contributed by atoms with Crippen molar-refractivity contribution in [3.8, 4) is 17.2 Å². The van der Waals surface area contributed by atoms with Crippen LogP contribution in [0.2, 0.25) is 0 Å². The van der Waals surface area contributed by atoms with Crippen molar-refractivity contribution in [2.75, 3.05) is 13.3 Å². The lowest BCUT2D eigenvalue weighted by Crippen LogP contribution is -2.23. The molecule has 16 heavy (non-hydrogen) atoms. The van der Waals surface area contributed by atoms with Crippen LogP contribution in [-0.2, 0) is 6.42 Å². The Morgan fingerprint density at radius 1 is 1.38 bits per heavy atom. The molecule has 1 atom stereocenters. The summed E-state index contributed by atoms with van der Waals surface area (Å²) in [5.41, 5.74) is 1.03. The molecule has 0 aromatic heterocycles. The second-order valence-corrected chi connectivity index (χ2v) is 4.34. The van der Waals surface area contributed by atoms with Gasteiger partial charge in [0.15, 0.2) is 11.5 Å². The molecule has 0 aliphatic carbocycles. The van der Waals surface area contributed by atoms with E-state index in [1.54, 1.807) is 12.1 Å². The standard InChI is InChI=1S/C12H15NO3/c14-10-5-8(4-9-2-1-3-13-9)12-11(6-10)15-7-16-12/h5-6,9,13-14H,1-4,7H2. The van der Waals surface area contributed by atoms with Gasteiger partial charge in [0.1, 0.15) is 5.75 Å². The molecule has 0 bridgehead atoms. The third-order valence-corrected chi connectivity index (χ3v) is 3.16. The van der Waals surface area contributed by atoms with Gasteiger partial charge in [-0.2, -0.15) is 0 Å². The van der Waals surface area contributed by atoms with E-state index in [-0.39, 0.29) is 12.5 Å². The number of hydrogen-bond donors (Lipinski definition) is 2. The van der Waals surface area contributed by atoms with Crippen molar-refractivity contribution in [2.45, 2.75) is 25.3 Å². The summed E-state index contributed by atoms with van der Waals surface area (Å²) in [5, 5.41) is 13.0. The first-order chi connectivity index (χ1) is 7.83. The van der Waals surface area contributed by atoms with E-state index in [0.29, 0.717) is 11.8 Å². The molecule has 2 heterocycles. The van der Waals surface area contributed by atoms with Gasteiger partial charge in [0, 0.05) is 17.7 Å². The Balaban J connectivity index is 1.87. The quantitative estimate of drug-likeness (QED) is 0.793. The van der Waals surface area contributed by atoms with Crippen molar-refractivity contribution in [3.05, 3.63) is 17.7 Å². The van der Waals surface area contributed by atoms with Gasteiger partial charge < -0.3 is 19.9 Å². The van der Waals surface area contributed by atoms with Crippen LogP contribution in [0.3, 0.4) is 0 Å². The molecule has 1 aromatic rings. The molecule has 86 valence electrons. The minimum absolute atomic E-state index is 0.247. The van der Waals surface area contributed by atoms with Crippen LogP contribution in [0.25, 0.3) is 0 Å². The van der Waals surface area contributed by atoms with Gasteiger partial charge >= 0.3 is 0 Å². The molecule has 0 spiro atoms. The SMILES string of the molecule is Oc1cc(CC2CCCN2)c2c(c1)OCO2. The maximum atomic E-state index is 9.60. The number of aromatic hydroxyl groups is 1. The zero-order chi connectivity index (χ0) is 11.0. The molecular weight excluding hydrogens is 206 g/mol. The van der Waals surface area contributed by atoms with Gasteiger partial charge in [-0.25, -0.2) is 0 Å². The topological polar surface area (TPSA) is 50.7 Å². The number of phenolic OH excluding ortho intramolecular Hbond substituents is 1. The number of phenols is 1. The van der Waals surface area contributed by atoms with Crippen molar-refractivity contribution in [2.24, 2.45) is 0 Å². The van der Waals surface area contributed by atoms with Crippen molar-refractivity contribution < 1.29 is 14.6 Å². The molecule has 1 fully saturated rings. The number of ether oxygens (including phenoxy) is 2. The Bertz CT molecular complexity index is 399. The molecule has 1 aromatic carbocycles. The molecule has 2 aliphatic heterocycles. The number of nitrogens with one attached hydrogen (secondary N) is 1. The highest BCUT2D eigenvalue weighted by molar-refractivity contribution is 5.53. The number of benzene rings is 1. The zero-order valence-electron chi connectivity index (χ0n) is 9.03. The van der Waals surface area contributed by atoms with E-state index in [4.69, 9.17) is 9.47 Å². The molecule has 2 aliphatic rings. The van der Waals surface area contributed by atoms with E-state index in [1.165, 1.54) is 12.8 Å². The second kappa shape index (κ2) is 3.87. The summed E-state index contributed by atoms with van der Waals surface area (Å²) in [4.78, 5) is 0. The van der Waals surface area contributed by atoms with E-state index >= 15 is 0 Å². The van der Waals surface area contributed by atoms with E-state index in [0.717, 1.165) is 24.3 Å². The lowest BCUT2D eigenvalue weighted by molar-refractivity contribution is 0.173. The molecule has 1 saturated heterocycles. The fourth-order valence-electron chi connectivity index (χ4n) is 2.41. The van der Waals surface area contributed by atoms with Crippen molar-refractivity contribution in [1.82, 2.24) is 5.32 Å². The number of fused-ring (bicyclic) bond motifs is 1. The van der Waals surface area contributed by atoms with Crippen LogP contribution in [0.1, 0.15) is 18.4 Å².